The van der Waals surface area contributed by atoms with E-state index in [9.17, 15) is 9.90 Å². The van der Waals surface area contributed by atoms with Crippen molar-refractivity contribution in [2.24, 2.45) is 23.0 Å². The third kappa shape index (κ3) is 4.19. The molecule has 0 aromatic heterocycles. The van der Waals surface area contributed by atoms with E-state index in [4.69, 9.17) is 5.73 Å². The lowest BCUT2D eigenvalue weighted by Gasteiger charge is -2.33. The van der Waals surface area contributed by atoms with Gasteiger partial charge in [-0.1, -0.05) is 38.5 Å². The van der Waals surface area contributed by atoms with Crippen molar-refractivity contribution in [3.63, 3.8) is 0 Å². The highest BCUT2D eigenvalue weighted by Crippen LogP contribution is 2.35. The Balaban J connectivity index is 1.89. The largest absolute Gasteiger partial charge is 0.396 e. The van der Waals surface area contributed by atoms with Crippen LogP contribution in [0.1, 0.15) is 64.2 Å². The average molecular weight is 296 g/mol. The fourth-order valence-corrected chi connectivity index (χ4v) is 4.13. The van der Waals surface area contributed by atoms with Gasteiger partial charge in [-0.15, -0.1) is 0 Å². The van der Waals surface area contributed by atoms with Crippen molar-refractivity contribution in [2.75, 3.05) is 19.7 Å². The topological polar surface area (TPSA) is 75.4 Å². The molecular formula is C17H32N2O2. The molecule has 2 atom stereocenters. The van der Waals surface area contributed by atoms with Crippen LogP contribution in [0, 0.1) is 17.3 Å². The van der Waals surface area contributed by atoms with Crippen molar-refractivity contribution in [3.05, 3.63) is 0 Å². The van der Waals surface area contributed by atoms with Gasteiger partial charge in [-0.05, 0) is 37.5 Å². The maximum absolute atomic E-state index is 12.7. The maximum Gasteiger partial charge on any atom is 0.227 e. The molecule has 1 amide bonds. The molecule has 0 heterocycles. The number of hydrogen-bond donors (Lipinski definition) is 3. The second kappa shape index (κ2) is 8.14. The summed E-state index contributed by atoms with van der Waals surface area (Å²) in [5.74, 6) is 0.962. The Bertz CT molecular complexity index is 325. The van der Waals surface area contributed by atoms with Gasteiger partial charge in [0.1, 0.15) is 0 Å². The normalized spacial score (nSPS) is 29.6. The molecule has 0 radical (unpaired) electrons. The van der Waals surface area contributed by atoms with Crippen molar-refractivity contribution in [3.8, 4) is 0 Å². The third-order valence-electron chi connectivity index (χ3n) is 5.76. The summed E-state index contributed by atoms with van der Waals surface area (Å²) in [7, 11) is 0. The van der Waals surface area contributed by atoms with Crippen LogP contribution in [0.5, 0.6) is 0 Å². The van der Waals surface area contributed by atoms with Crippen molar-refractivity contribution in [1.82, 2.24) is 5.32 Å². The molecule has 0 bridgehead atoms. The molecule has 0 aromatic carbocycles. The van der Waals surface area contributed by atoms with Crippen LogP contribution in [0.3, 0.4) is 0 Å². The van der Waals surface area contributed by atoms with Crippen LogP contribution >= 0.6 is 0 Å². The van der Waals surface area contributed by atoms with Gasteiger partial charge in [0, 0.05) is 19.7 Å². The first kappa shape index (κ1) is 16.8. The fourth-order valence-electron chi connectivity index (χ4n) is 4.13. The van der Waals surface area contributed by atoms with Gasteiger partial charge in [0.25, 0.3) is 0 Å². The van der Waals surface area contributed by atoms with Gasteiger partial charge in [-0.2, -0.15) is 0 Å². The van der Waals surface area contributed by atoms with Crippen LogP contribution in [0.15, 0.2) is 0 Å². The number of aliphatic hydroxyl groups is 1. The average Bonchev–Trinajstić information content (AvgIpc) is 2.79. The van der Waals surface area contributed by atoms with Crippen molar-refractivity contribution in [1.29, 1.82) is 0 Å². The lowest BCUT2D eigenvalue weighted by molar-refractivity contribution is -0.131. The summed E-state index contributed by atoms with van der Waals surface area (Å²) < 4.78 is 0. The zero-order valence-corrected chi connectivity index (χ0v) is 13.3. The van der Waals surface area contributed by atoms with E-state index < -0.39 is 0 Å². The van der Waals surface area contributed by atoms with Gasteiger partial charge in [0.2, 0.25) is 5.91 Å². The first-order valence-corrected chi connectivity index (χ1v) is 8.81. The number of aliphatic hydroxyl groups excluding tert-OH is 1. The monoisotopic (exact) mass is 296 g/mol. The molecule has 0 aromatic rings. The van der Waals surface area contributed by atoms with E-state index in [1.54, 1.807) is 0 Å². The SMILES string of the molecule is NCC1(C(=O)NCC2CCCCC2CO)CCCCCC1. The van der Waals surface area contributed by atoms with Gasteiger partial charge < -0.3 is 16.2 Å². The minimum absolute atomic E-state index is 0.161. The summed E-state index contributed by atoms with van der Waals surface area (Å²) in [6.45, 7) is 1.43. The van der Waals surface area contributed by atoms with E-state index in [2.05, 4.69) is 5.32 Å². The van der Waals surface area contributed by atoms with Crippen LogP contribution in [0.4, 0.5) is 0 Å². The summed E-state index contributed by atoms with van der Waals surface area (Å²) in [4.78, 5) is 12.7. The number of nitrogens with one attached hydrogen (secondary N) is 1. The second-order valence-corrected chi connectivity index (χ2v) is 7.10. The van der Waals surface area contributed by atoms with Crippen LogP contribution in [-0.4, -0.2) is 30.7 Å². The predicted molar refractivity (Wildman–Crippen MR) is 84.7 cm³/mol. The van der Waals surface area contributed by atoms with E-state index in [1.807, 2.05) is 0 Å². The van der Waals surface area contributed by atoms with Gasteiger partial charge in [-0.3, -0.25) is 4.79 Å². The lowest BCUT2D eigenvalue weighted by atomic mass is 9.77. The molecule has 0 aliphatic heterocycles. The Morgan fingerprint density at radius 2 is 1.67 bits per heavy atom. The Morgan fingerprint density at radius 1 is 1.05 bits per heavy atom. The number of carbonyl (C=O) groups is 1. The number of amides is 1. The number of carbonyl (C=O) groups excluding carboxylic acids is 1. The highest BCUT2D eigenvalue weighted by molar-refractivity contribution is 5.82. The molecule has 2 unspecified atom stereocenters. The van der Waals surface area contributed by atoms with E-state index in [0.717, 1.165) is 38.5 Å². The number of nitrogens with two attached hydrogens (primary N) is 1. The van der Waals surface area contributed by atoms with Crippen molar-refractivity contribution >= 4 is 5.91 Å². The first-order valence-electron chi connectivity index (χ1n) is 8.81. The summed E-state index contributed by atoms with van der Waals surface area (Å²) in [6, 6.07) is 0. The van der Waals surface area contributed by atoms with E-state index in [0.29, 0.717) is 24.9 Å². The summed E-state index contributed by atoms with van der Waals surface area (Å²) >= 11 is 0. The quantitative estimate of drug-likeness (QED) is 0.681. The fraction of sp³-hybridized carbons (Fsp3) is 0.941. The molecule has 2 aliphatic carbocycles. The smallest absolute Gasteiger partial charge is 0.227 e. The highest BCUT2D eigenvalue weighted by Gasteiger charge is 2.37. The van der Waals surface area contributed by atoms with E-state index in [-0.39, 0.29) is 17.9 Å². The molecule has 122 valence electrons. The molecule has 0 saturated heterocycles. The van der Waals surface area contributed by atoms with E-state index in [1.165, 1.54) is 25.7 Å². The lowest BCUT2D eigenvalue weighted by Crippen LogP contribution is -2.47. The van der Waals surface area contributed by atoms with Crippen molar-refractivity contribution in [2.45, 2.75) is 64.2 Å². The zero-order valence-electron chi connectivity index (χ0n) is 13.3. The Morgan fingerprint density at radius 3 is 2.24 bits per heavy atom. The Kier molecular flexibility index (Phi) is 6.49. The minimum atomic E-state index is -0.333. The number of rotatable bonds is 5. The van der Waals surface area contributed by atoms with Crippen molar-refractivity contribution < 1.29 is 9.90 Å². The maximum atomic E-state index is 12.7. The Labute approximate surface area is 128 Å². The third-order valence-corrected chi connectivity index (χ3v) is 5.76. The number of hydrogen-bond acceptors (Lipinski definition) is 3. The molecule has 2 aliphatic rings. The molecule has 0 spiro atoms. The van der Waals surface area contributed by atoms with Gasteiger partial charge in [0.05, 0.1) is 5.41 Å². The molecule has 21 heavy (non-hydrogen) atoms. The molecule has 2 fully saturated rings. The summed E-state index contributed by atoms with van der Waals surface area (Å²) in [6.07, 6.45) is 11.2. The highest BCUT2D eigenvalue weighted by atomic mass is 16.3. The Hall–Kier alpha value is -0.610. The van der Waals surface area contributed by atoms with Crippen LogP contribution in [0.2, 0.25) is 0 Å². The molecule has 2 saturated carbocycles. The van der Waals surface area contributed by atoms with Crippen LogP contribution < -0.4 is 11.1 Å². The molecular weight excluding hydrogens is 264 g/mol. The molecule has 4 heteroatoms. The van der Waals surface area contributed by atoms with Crippen LogP contribution in [-0.2, 0) is 4.79 Å². The standard InChI is InChI=1S/C17H32N2O2/c18-13-17(9-5-1-2-6-10-17)16(21)19-11-14-7-3-4-8-15(14)12-20/h14-15,20H,1-13,18H2,(H,19,21). The summed E-state index contributed by atoms with van der Waals surface area (Å²) in [5.41, 5.74) is 5.64. The zero-order chi connectivity index (χ0) is 15.1. The summed E-state index contributed by atoms with van der Waals surface area (Å²) in [5, 5.41) is 12.7. The van der Waals surface area contributed by atoms with Gasteiger partial charge in [0.15, 0.2) is 0 Å². The molecule has 4 nitrogen and oxygen atoms in total. The van der Waals surface area contributed by atoms with E-state index >= 15 is 0 Å². The first-order chi connectivity index (χ1) is 10.2. The minimum Gasteiger partial charge on any atom is -0.396 e. The van der Waals surface area contributed by atoms with Crippen LogP contribution in [0.25, 0.3) is 0 Å². The van der Waals surface area contributed by atoms with Gasteiger partial charge >= 0.3 is 0 Å². The molecule has 4 N–H and O–H groups in total. The van der Waals surface area contributed by atoms with Gasteiger partial charge in [-0.25, -0.2) is 0 Å². The molecule has 2 rings (SSSR count). The second-order valence-electron chi connectivity index (χ2n) is 7.10. The predicted octanol–water partition coefficient (Wildman–Crippen LogP) is 2.20.